The summed E-state index contributed by atoms with van der Waals surface area (Å²) in [6.07, 6.45) is 3.12. The predicted octanol–water partition coefficient (Wildman–Crippen LogP) is 3.10. The number of hydrogen-bond acceptors (Lipinski definition) is 5. The number of amides is 2. The molecule has 1 fully saturated rings. The van der Waals surface area contributed by atoms with Gasteiger partial charge >= 0.3 is 5.97 Å². The lowest BCUT2D eigenvalue weighted by molar-refractivity contribution is -0.119. The molecule has 1 N–H and O–H groups in total. The van der Waals surface area contributed by atoms with Gasteiger partial charge in [-0.2, -0.15) is 5.10 Å². The van der Waals surface area contributed by atoms with Gasteiger partial charge in [0, 0.05) is 36.2 Å². The smallest absolute Gasteiger partial charge is 0.338 e. The summed E-state index contributed by atoms with van der Waals surface area (Å²) in [7, 11) is 0. The third-order valence-electron chi connectivity index (χ3n) is 5.05. The van der Waals surface area contributed by atoms with E-state index in [1.54, 1.807) is 64.3 Å². The fourth-order valence-corrected chi connectivity index (χ4v) is 3.44. The van der Waals surface area contributed by atoms with E-state index in [0.717, 1.165) is 23.5 Å². The molecule has 2 heterocycles. The van der Waals surface area contributed by atoms with Crippen LogP contribution in [0.25, 0.3) is 5.69 Å². The largest absolute Gasteiger partial charge is 0.452 e. The molecular weight excluding hydrogens is 396 g/mol. The summed E-state index contributed by atoms with van der Waals surface area (Å²) in [6.45, 7) is 2.25. The molecule has 8 heteroatoms. The van der Waals surface area contributed by atoms with Gasteiger partial charge in [-0.15, -0.1) is 0 Å². The second-order valence-corrected chi connectivity index (χ2v) is 7.25. The number of nitrogens with one attached hydrogen (secondary N) is 1. The Balaban J connectivity index is 1.29. The van der Waals surface area contributed by atoms with Crippen LogP contribution >= 0.6 is 0 Å². The maximum Gasteiger partial charge on any atom is 0.338 e. The fourth-order valence-electron chi connectivity index (χ4n) is 3.44. The first-order valence-corrected chi connectivity index (χ1v) is 10.00. The number of benzene rings is 2. The number of carbonyl (C=O) groups excluding carboxylic acids is 3. The van der Waals surface area contributed by atoms with Crippen molar-refractivity contribution < 1.29 is 19.1 Å². The number of esters is 1. The molecule has 0 bridgehead atoms. The number of aryl methyl sites for hydroxylation is 1. The highest BCUT2D eigenvalue weighted by molar-refractivity contribution is 5.97. The Morgan fingerprint density at radius 2 is 1.74 bits per heavy atom. The lowest BCUT2D eigenvalue weighted by Gasteiger charge is -2.16. The molecule has 0 spiro atoms. The van der Waals surface area contributed by atoms with Crippen molar-refractivity contribution in [1.29, 1.82) is 0 Å². The molecule has 1 aliphatic rings. The van der Waals surface area contributed by atoms with Crippen molar-refractivity contribution in [3.05, 3.63) is 72.1 Å². The van der Waals surface area contributed by atoms with Crippen LogP contribution in [0.3, 0.4) is 0 Å². The summed E-state index contributed by atoms with van der Waals surface area (Å²) >= 11 is 0. The average molecular weight is 418 g/mol. The first-order chi connectivity index (χ1) is 15.0. The molecule has 1 aromatic heterocycles. The first-order valence-electron chi connectivity index (χ1n) is 10.00. The van der Waals surface area contributed by atoms with Crippen molar-refractivity contribution in [1.82, 2.24) is 9.78 Å². The van der Waals surface area contributed by atoms with E-state index in [0.29, 0.717) is 24.2 Å². The SMILES string of the molecule is Cc1ccnn1-c1ccc(C(=O)OCC(=O)Nc2ccc(N3CCCC3=O)cc2)cc1. The van der Waals surface area contributed by atoms with Gasteiger partial charge in [0.1, 0.15) is 0 Å². The molecule has 1 aliphatic heterocycles. The third-order valence-corrected chi connectivity index (χ3v) is 5.05. The van der Waals surface area contributed by atoms with Crippen molar-refractivity contribution in [2.45, 2.75) is 19.8 Å². The summed E-state index contributed by atoms with van der Waals surface area (Å²) in [5, 5.41) is 6.90. The quantitative estimate of drug-likeness (QED) is 0.621. The average Bonchev–Trinajstić information content (AvgIpc) is 3.41. The normalized spacial score (nSPS) is 13.3. The second kappa shape index (κ2) is 8.83. The molecule has 0 atom stereocenters. The predicted molar refractivity (Wildman–Crippen MR) is 115 cm³/mol. The van der Waals surface area contributed by atoms with E-state index in [-0.39, 0.29) is 5.91 Å². The van der Waals surface area contributed by atoms with E-state index in [9.17, 15) is 14.4 Å². The minimum absolute atomic E-state index is 0.108. The maximum absolute atomic E-state index is 12.2. The third kappa shape index (κ3) is 4.63. The van der Waals surface area contributed by atoms with Gasteiger partial charge < -0.3 is 15.0 Å². The lowest BCUT2D eigenvalue weighted by Crippen LogP contribution is -2.23. The zero-order valence-corrected chi connectivity index (χ0v) is 17.1. The van der Waals surface area contributed by atoms with Gasteiger partial charge in [-0.1, -0.05) is 0 Å². The topological polar surface area (TPSA) is 93.5 Å². The number of nitrogens with zero attached hydrogens (tertiary/aromatic N) is 3. The van der Waals surface area contributed by atoms with Gasteiger partial charge in [-0.3, -0.25) is 9.59 Å². The Labute approximate surface area is 179 Å². The summed E-state index contributed by atoms with van der Waals surface area (Å²) in [6, 6.07) is 15.7. The van der Waals surface area contributed by atoms with Crippen LogP contribution < -0.4 is 10.2 Å². The van der Waals surface area contributed by atoms with Crippen LogP contribution in [0.15, 0.2) is 60.8 Å². The number of carbonyl (C=O) groups is 3. The second-order valence-electron chi connectivity index (χ2n) is 7.25. The Bertz CT molecular complexity index is 1100. The number of rotatable bonds is 6. The zero-order chi connectivity index (χ0) is 21.8. The van der Waals surface area contributed by atoms with E-state index in [4.69, 9.17) is 4.74 Å². The van der Waals surface area contributed by atoms with Crippen LogP contribution in [-0.2, 0) is 14.3 Å². The Morgan fingerprint density at radius 3 is 2.35 bits per heavy atom. The lowest BCUT2D eigenvalue weighted by atomic mass is 10.2. The van der Waals surface area contributed by atoms with Crippen LogP contribution in [0.1, 0.15) is 28.9 Å². The van der Waals surface area contributed by atoms with Crippen LogP contribution in [0.4, 0.5) is 11.4 Å². The van der Waals surface area contributed by atoms with Crippen molar-refractivity contribution in [2.24, 2.45) is 0 Å². The van der Waals surface area contributed by atoms with Gasteiger partial charge in [-0.25, -0.2) is 9.48 Å². The Morgan fingerprint density at radius 1 is 1.03 bits per heavy atom. The van der Waals surface area contributed by atoms with Gasteiger partial charge in [0.05, 0.1) is 11.3 Å². The minimum Gasteiger partial charge on any atom is -0.452 e. The van der Waals surface area contributed by atoms with Crippen LogP contribution in [0.2, 0.25) is 0 Å². The Hall–Kier alpha value is -3.94. The van der Waals surface area contributed by atoms with Crippen LogP contribution in [0, 0.1) is 6.92 Å². The van der Waals surface area contributed by atoms with Gasteiger partial charge in [-0.05, 0) is 67.9 Å². The van der Waals surface area contributed by atoms with Crippen LogP contribution in [-0.4, -0.2) is 40.7 Å². The Kier molecular flexibility index (Phi) is 5.79. The van der Waals surface area contributed by atoms with E-state index in [2.05, 4.69) is 10.4 Å². The molecule has 2 aromatic carbocycles. The molecule has 0 radical (unpaired) electrons. The molecule has 0 saturated carbocycles. The zero-order valence-electron chi connectivity index (χ0n) is 17.1. The van der Waals surface area contributed by atoms with E-state index < -0.39 is 18.5 Å². The van der Waals surface area contributed by atoms with Crippen molar-refractivity contribution in [3.63, 3.8) is 0 Å². The highest BCUT2D eigenvalue weighted by atomic mass is 16.5. The fraction of sp³-hybridized carbons (Fsp3) is 0.217. The highest BCUT2D eigenvalue weighted by Crippen LogP contribution is 2.23. The van der Waals surface area contributed by atoms with Crippen molar-refractivity contribution >= 4 is 29.2 Å². The van der Waals surface area contributed by atoms with Crippen LogP contribution in [0.5, 0.6) is 0 Å². The molecular formula is C23H22N4O4. The van der Waals surface area contributed by atoms with Gasteiger partial charge in [0.15, 0.2) is 6.61 Å². The monoisotopic (exact) mass is 418 g/mol. The van der Waals surface area contributed by atoms with E-state index >= 15 is 0 Å². The summed E-state index contributed by atoms with van der Waals surface area (Å²) < 4.78 is 6.87. The minimum atomic E-state index is -0.582. The van der Waals surface area contributed by atoms with Crippen molar-refractivity contribution in [3.8, 4) is 5.69 Å². The highest BCUT2D eigenvalue weighted by Gasteiger charge is 2.21. The molecule has 8 nitrogen and oxygen atoms in total. The standard InChI is InChI=1S/C23H22N4O4/c1-16-12-13-24-27(16)20-8-4-17(5-9-20)23(30)31-15-21(28)25-18-6-10-19(11-7-18)26-14-2-3-22(26)29/h4-13H,2-3,14-15H2,1H3,(H,25,28). The summed E-state index contributed by atoms with van der Waals surface area (Å²) in [4.78, 5) is 37.9. The summed E-state index contributed by atoms with van der Waals surface area (Å²) in [5.41, 5.74) is 3.53. The maximum atomic E-state index is 12.2. The summed E-state index contributed by atoms with van der Waals surface area (Å²) in [5.74, 6) is -0.916. The number of anilines is 2. The molecule has 0 unspecified atom stereocenters. The number of hydrogen-bond donors (Lipinski definition) is 1. The molecule has 31 heavy (non-hydrogen) atoms. The number of aromatic nitrogens is 2. The molecule has 2 amide bonds. The van der Waals surface area contributed by atoms with E-state index in [1.165, 1.54) is 0 Å². The number of ether oxygens (including phenoxy) is 1. The molecule has 1 saturated heterocycles. The van der Waals surface area contributed by atoms with Gasteiger partial charge in [0.25, 0.3) is 5.91 Å². The van der Waals surface area contributed by atoms with Crippen molar-refractivity contribution in [2.75, 3.05) is 23.4 Å². The molecule has 4 rings (SSSR count). The molecule has 3 aromatic rings. The first kappa shape index (κ1) is 20.3. The van der Waals surface area contributed by atoms with E-state index in [1.807, 2.05) is 13.0 Å². The molecule has 158 valence electrons. The van der Waals surface area contributed by atoms with Gasteiger partial charge in [0.2, 0.25) is 5.91 Å². The molecule has 0 aliphatic carbocycles.